The van der Waals surface area contributed by atoms with E-state index in [1.165, 1.54) is 12.1 Å². The number of hydrogen-bond acceptors (Lipinski definition) is 4. The maximum absolute atomic E-state index is 13.2. The summed E-state index contributed by atoms with van der Waals surface area (Å²) in [6, 6.07) is 11.8. The molecule has 0 unspecified atom stereocenters. The van der Waals surface area contributed by atoms with E-state index in [1.807, 2.05) is 24.0 Å². The third-order valence-electron chi connectivity index (χ3n) is 5.99. The van der Waals surface area contributed by atoms with Crippen molar-refractivity contribution in [1.29, 1.82) is 0 Å². The molecule has 1 aliphatic heterocycles. The van der Waals surface area contributed by atoms with Gasteiger partial charge >= 0.3 is 0 Å². The Morgan fingerprint density at radius 2 is 1.58 bits per heavy atom. The molecule has 3 rings (SSSR count). The zero-order valence-corrected chi connectivity index (χ0v) is 20.6. The monoisotopic (exact) mass is 471 g/mol. The van der Waals surface area contributed by atoms with Crippen molar-refractivity contribution in [3.05, 3.63) is 59.2 Å². The van der Waals surface area contributed by atoms with Crippen molar-refractivity contribution >= 4 is 27.5 Å². The summed E-state index contributed by atoms with van der Waals surface area (Å²) in [6.07, 6.45) is 1.38. The van der Waals surface area contributed by atoms with Crippen molar-refractivity contribution in [2.75, 3.05) is 30.9 Å². The molecule has 1 heterocycles. The number of nitrogens with one attached hydrogen (secondary N) is 1. The van der Waals surface area contributed by atoms with Crippen LogP contribution in [0.5, 0.6) is 0 Å². The highest BCUT2D eigenvalue weighted by Gasteiger charge is 2.27. The molecule has 33 heavy (non-hydrogen) atoms. The van der Waals surface area contributed by atoms with Crippen molar-refractivity contribution in [2.45, 2.75) is 45.4 Å². The molecule has 0 saturated carbocycles. The molecule has 7 nitrogen and oxygen atoms in total. The van der Waals surface area contributed by atoms with Gasteiger partial charge in [0.05, 0.1) is 10.6 Å². The van der Waals surface area contributed by atoms with Crippen LogP contribution in [0.1, 0.15) is 48.2 Å². The first kappa shape index (κ1) is 24.8. The molecule has 0 aromatic heterocycles. The first-order valence-corrected chi connectivity index (χ1v) is 12.8. The van der Waals surface area contributed by atoms with Crippen molar-refractivity contribution < 1.29 is 18.0 Å². The highest BCUT2D eigenvalue weighted by Crippen LogP contribution is 2.23. The topological polar surface area (TPSA) is 86.8 Å². The number of para-hydroxylation sites is 1. The Hall–Kier alpha value is -2.87. The number of aryl methyl sites for hydroxylation is 2. The summed E-state index contributed by atoms with van der Waals surface area (Å²) in [7, 11) is -3.85. The van der Waals surface area contributed by atoms with Gasteiger partial charge in [-0.15, -0.1) is 0 Å². The molecule has 8 heteroatoms. The summed E-state index contributed by atoms with van der Waals surface area (Å²) in [4.78, 5) is 29.1. The second-order valence-corrected chi connectivity index (χ2v) is 10.7. The Labute approximate surface area is 196 Å². The molecule has 2 amide bonds. The van der Waals surface area contributed by atoms with Gasteiger partial charge in [-0.1, -0.05) is 38.1 Å². The first-order valence-electron chi connectivity index (χ1n) is 11.3. The minimum atomic E-state index is -3.85. The smallest absolute Gasteiger partial charge is 0.261 e. The molecule has 2 aromatic rings. The molecule has 1 fully saturated rings. The van der Waals surface area contributed by atoms with Crippen LogP contribution in [0.4, 0.5) is 5.69 Å². The van der Waals surface area contributed by atoms with Crippen molar-refractivity contribution in [2.24, 2.45) is 5.92 Å². The summed E-state index contributed by atoms with van der Waals surface area (Å²) < 4.78 is 28.5. The predicted molar refractivity (Wildman–Crippen MR) is 130 cm³/mol. The summed E-state index contributed by atoms with van der Waals surface area (Å²) in [6.45, 7) is 9.67. The second-order valence-electron chi connectivity index (χ2n) is 9.00. The van der Waals surface area contributed by atoms with Crippen LogP contribution in [-0.2, 0) is 14.8 Å². The fraction of sp³-hybridized carbons (Fsp3) is 0.440. The van der Waals surface area contributed by atoms with E-state index < -0.39 is 10.0 Å². The maximum atomic E-state index is 13.2. The lowest BCUT2D eigenvalue weighted by Crippen LogP contribution is -2.50. The lowest BCUT2D eigenvalue weighted by atomic mass is 10.1. The number of nitrogens with zero attached hydrogens (tertiary/aromatic N) is 2. The minimum Gasteiger partial charge on any atom is -0.339 e. The van der Waals surface area contributed by atoms with Crippen LogP contribution >= 0.6 is 0 Å². The Bertz CT molecular complexity index is 1120. The number of carbonyl (C=O) groups excluding carboxylic acids is 2. The van der Waals surface area contributed by atoms with Gasteiger partial charge in [-0.25, -0.2) is 8.42 Å². The molecule has 1 N–H and O–H groups in total. The van der Waals surface area contributed by atoms with Crippen molar-refractivity contribution in [3.63, 3.8) is 0 Å². The molecule has 1 aliphatic rings. The number of rotatable bonds is 7. The van der Waals surface area contributed by atoms with Crippen molar-refractivity contribution in [1.82, 2.24) is 9.80 Å². The van der Waals surface area contributed by atoms with E-state index in [-0.39, 0.29) is 16.7 Å². The molecule has 0 spiro atoms. The van der Waals surface area contributed by atoms with Gasteiger partial charge in [-0.2, -0.15) is 0 Å². The second kappa shape index (κ2) is 10.4. The lowest BCUT2D eigenvalue weighted by Gasteiger charge is -2.35. The van der Waals surface area contributed by atoms with Gasteiger partial charge in [0.15, 0.2) is 0 Å². The van der Waals surface area contributed by atoms with E-state index in [9.17, 15) is 18.0 Å². The summed E-state index contributed by atoms with van der Waals surface area (Å²) in [5.74, 6) is 0.390. The normalized spacial score (nSPS) is 14.5. The van der Waals surface area contributed by atoms with E-state index in [0.717, 1.165) is 12.0 Å². The number of carbonyl (C=O) groups is 2. The molecule has 0 aliphatic carbocycles. The number of amides is 2. The van der Waals surface area contributed by atoms with Crippen LogP contribution in [0.25, 0.3) is 0 Å². The molecule has 0 bridgehead atoms. The number of piperazine rings is 1. The summed E-state index contributed by atoms with van der Waals surface area (Å²) in [5.41, 5.74) is 2.39. The molecular weight excluding hydrogens is 438 g/mol. The summed E-state index contributed by atoms with van der Waals surface area (Å²) in [5, 5.41) is 0. The van der Waals surface area contributed by atoms with Crippen LogP contribution in [0.15, 0.2) is 47.4 Å². The Morgan fingerprint density at radius 1 is 0.939 bits per heavy atom. The number of anilines is 1. The Balaban J connectivity index is 1.71. The van der Waals surface area contributed by atoms with Gasteiger partial charge in [0.1, 0.15) is 0 Å². The Morgan fingerprint density at radius 3 is 2.21 bits per heavy atom. The fourth-order valence-electron chi connectivity index (χ4n) is 3.79. The van der Waals surface area contributed by atoms with Crippen LogP contribution < -0.4 is 4.72 Å². The molecule has 2 aromatic carbocycles. The van der Waals surface area contributed by atoms with E-state index >= 15 is 0 Å². The third-order valence-corrected chi connectivity index (χ3v) is 7.36. The maximum Gasteiger partial charge on any atom is 0.261 e. The van der Waals surface area contributed by atoms with Gasteiger partial charge < -0.3 is 9.80 Å². The average Bonchev–Trinajstić information content (AvgIpc) is 2.78. The van der Waals surface area contributed by atoms with Gasteiger partial charge in [0, 0.05) is 38.2 Å². The predicted octanol–water partition coefficient (Wildman–Crippen LogP) is 3.82. The van der Waals surface area contributed by atoms with Gasteiger partial charge in [0.2, 0.25) is 5.91 Å². The zero-order chi connectivity index (χ0) is 24.2. The standard InChI is InChI=1S/C25H33N3O4S/c1-18(2)9-12-24(29)27-13-15-28(16-14-27)25(30)22-17-21(11-10-19(22)3)33(31,32)26-23-8-6-5-7-20(23)4/h5-8,10-11,17-18,26H,9,12-16H2,1-4H3. The minimum absolute atomic E-state index is 0.0437. The Kier molecular flexibility index (Phi) is 7.79. The number of hydrogen-bond donors (Lipinski definition) is 1. The largest absolute Gasteiger partial charge is 0.339 e. The van der Waals surface area contributed by atoms with Gasteiger partial charge in [-0.05, 0) is 55.5 Å². The van der Waals surface area contributed by atoms with Crippen LogP contribution in [0.3, 0.4) is 0 Å². The first-order chi connectivity index (χ1) is 15.6. The molecular formula is C25H33N3O4S. The average molecular weight is 472 g/mol. The van der Waals surface area contributed by atoms with Crippen LogP contribution in [-0.4, -0.2) is 56.2 Å². The molecule has 0 radical (unpaired) electrons. The fourth-order valence-corrected chi connectivity index (χ4v) is 4.95. The molecule has 0 atom stereocenters. The molecule has 1 saturated heterocycles. The van der Waals surface area contributed by atoms with E-state index in [0.29, 0.717) is 55.3 Å². The zero-order valence-electron chi connectivity index (χ0n) is 19.8. The molecule has 178 valence electrons. The van der Waals surface area contributed by atoms with Gasteiger partial charge in [-0.3, -0.25) is 14.3 Å². The van der Waals surface area contributed by atoms with Gasteiger partial charge in [0.25, 0.3) is 15.9 Å². The summed E-state index contributed by atoms with van der Waals surface area (Å²) >= 11 is 0. The lowest BCUT2D eigenvalue weighted by molar-refractivity contribution is -0.132. The highest BCUT2D eigenvalue weighted by atomic mass is 32.2. The quantitative estimate of drug-likeness (QED) is 0.665. The number of sulfonamides is 1. The highest BCUT2D eigenvalue weighted by molar-refractivity contribution is 7.92. The van der Waals surface area contributed by atoms with Crippen molar-refractivity contribution in [3.8, 4) is 0 Å². The third kappa shape index (κ3) is 6.13. The number of benzene rings is 2. The van der Waals surface area contributed by atoms with E-state index in [1.54, 1.807) is 30.0 Å². The van der Waals surface area contributed by atoms with Crippen LogP contribution in [0, 0.1) is 19.8 Å². The van der Waals surface area contributed by atoms with E-state index in [2.05, 4.69) is 18.6 Å². The van der Waals surface area contributed by atoms with Crippen LogP contribution in [0.2, 0.25) is 0 Å². The SMILES string of the molecule is Cc1ccccc1NS(=O)(=O)c1ccc(C)c(C(=O)N2CCN(C(=O)CCC(C)C)CC2)c1. The van der Waals surface area contributed by atoms with E-state index in [4.69, 9.17) is 0 Å².